The van der Waals surface area contributed by atoms with Crippen molar-refractivity contribution in [3.8, 4) is 0 Å². The molecule has 1 N–H and O–H groups in total. The van der Waals surface area contributed by atoms with Gasteiger partial charge in [0, 0.05) is 18.5 Å². The molecule has 1 nitrogen and oxygen atoms in total. The molecule has 0 aromatic heterocycles. The molecule has 25 heavy (non-hydrogen) atoms. The van der Waals surface area contributed by atoms with Crippen LogP contribution in [0.1, 0.15) is 49.1 Å². The van der Waals surface area contributed by atoms with E-state index in [1.807, 2.05) is 0 Å². The van der Waals surface area contributed by atoms with Crippen molar-refractivity contribution in [2.75, 3.05) is 6.54 Å². The molecule has 0 aliphatic heterocycles. The van der Waals surface area contributed by atoms with Crippen molar-refractivity contribution in [1.82, 2.24) is 5.32 Å². The van der Waals surface area contributed by atoms with E-state index in [2.05, 4.69) is 66.0 Å². The summed E-state index contributed by atoms with van der Waals surface area (Å²) in [6.07, 6.45) is 7.51. The highest BCUT2D eigenvalue weighted by molar-refractivity contribution is 5.32. The van der Waals surface area contributed by atoms with Gasteiger partial charge in [-0.05, 0) is 66.9 Å². The number of rotatable bonds is 5. The third-order valence-corrected chi connectivity index (χ3v) is 7.19. The van der Waals surface area contributed by atoms with Gasteiger partial charge in [-0.15, -0.1) is 0 Å². The first-order valence-electron chi connectivity index (χ1n) is 10.2. The standard InChI is InChI=1S/C24H29N/c1-3-7-19(8-4-1)23(20-9-5-2-6-10-20)16-25-24-21-12-17-11-18(14-21)15-22(24)13-17/h1-10,17-18,21-25H,11-16H2. The Bertz CT molecular complexity index is 625. The first-order valence-corrected chi connectivity index (χ1v) is 10.2. The van der Waals surface area contributed by atoms with Crippen LogP contribution in [0, 0.1) is 23.7 Å². The van der Waals surface area contributed by atoms with Crippen LogP contribution < -0.4 is 5.32 Å². The van der Waals surface area contributed by atoms with Gasteiger partial charge in [0.2, 0.25) is 0 Å². The fraction of sp³-hybridized carbons (Fsp3) is 0.500. The van der Waals surface area contributed by atoms with Gasteiger partial charge in [-0.2, -0.15) is 0 Å². The molecule has 130 valence electrons. The van der Waals surface area contributed by atoms with Gasteiger partial charge < -0.3 is 5.32 Å². The van der Waals surface area contributed by atoms with E-state index in [1.165, 1.54) is 43.2 Å². The highest BCUT2D eigenvalue weighted by Gasteiger charge is 2.47. The molecule has 2 aromatic carbocycles. The minimum Gasteiger partial charge on any atom is -0.312 e. The summed E-state index contributed by atoms with van der Waals surface area (Å²) in [4.78, 5) is 0. The van der Waals surface area contributed by atoms with E-state index in [9.17, 15) is 0 Å². The lowest BCUT2D eigenvalue weighted by Gasteiger charge is -2.54. The van der Waals surface area contributed by atoms with E-state index in [0.29, 0.717) is 5.92 Å². The Kier molecular flexibility index (Phi) is 4.13. The van der Waals surface area contributed by atoms with E-state index in [-0.39, 0.29) is 0 Å². The molecule has 6 rings (SSSR count). The average Bonchev–Trinajstić information content (AvgIpc) is 2.65. The molecule has 4 aliphatic carbocycles. The molecular formula is C24H29N. The zero-order valence-corrected chi connectivity index (χ0v) is 15.0. The molecule has 2 aromatic rings. The van der Waals surface area contributed by atoms with Gasteiger partial charge in [-0.3, -0.25) is 0 Å². The maximum absolute atomic E-state index is 4.06. The van der Waals surface area contributed by atoms with Crippen LogP contribution in [0.15, 0.2) is 60.7 Å². The lowest BCUT2D eigenvalue weighted by Crippen LogP contribution is -2.55. The number of hydrogen-bond donors (Lipinski definition) is 1. The first-order chi connectivity index (χ1) is 12.4. The summed E-state index contributed by atoms with van der Waals surface area (Å²) in [5.74, 6) is 4.46. The van der Waals surface area contributed by atoms with E-state index < -0.39 is 0 Å². The fourth-order valence-corrected chi connectivity index (χ4v) is 6.31. The monoisotopic (exact) mass is 331 g/mol. The van der Waals surface area contributed by atoms with E-state index in [1.54, 1.807) is 0 Å². The quantitative estimate of drug-likeness (QED) is 0.791. The van der Waals surface area contributed by atoms with Crippen LogP contribution in [-0.2, 0) is 0 Å². The molecule has 0 unspecified atom stereocenters. The third kappa shape index (κ3) is 3.04. The maximum Gasteiger partial charge on any atom is 0.0214 e. The van der Waals surface area contributed by atoms with Gasteiger partial charge in [0.05, 0.1) is 0 Å². The Hall–Kier alpha value is -1.60. The van der Waals surface area contributed by atoms with Crippen LogP contribution in [0.3, 0.4) is 0 Å². The molecule has 0 saturated heterocycles. The Balaban J connectivity index is 1.35. The minimum absolute atomic E-state index is 0.458. The highest BCUT2D eigenvalue weighted by atomic mass is 14.9. The molecule has 4 fully saturated rings. The number of nitrogens with one attached hydrogen (secondary N) is 1. The molecule has 4 saturated carbocycles. The van der Waals surface area contributed by atoms with Gasteiger partial charge in [-0.1, -0.05) is 60.7 Å². The molecule has 0 spiro atoms. The van der Waals surface area contributed by atoms with E-state index in [0.717, 1.165) is 36.3 Å². The van der Waals surface area contributed by atoms with Gasteiger partial charge in [0.25, 0.3) is 0 Å². The zero-order valence-electron chi connectivity index (χ0n) is 15.0. The Morgan fingerprint density at radius 1 is 0.680 bits per heavy atom. The van der Waals surface area contributed by atoms with Crippen molar-refractivity contribution >= 4 is 0 Å². The van der Waals surface area contributed by atoms with Crippen LogP contribution in [0.5, 0.6) is 0 Å². The third-order valence-electron chi connectivity index (χ3n) is 7.19. The predicted molar refractivity (Wildman–Crippen MR) is 104 cm³/mol. The summed E-state index contributed by atoms with van der Waals surface area (Å²) >= 11 is 0. The molecule has 1 heteroatoms. The lowest BCUT2D eigenvalue weighted by atomic mass is 9.54. The lowest BCUT2D eigenvalue weighted by molar-refractivity contribution is -0.0137. The van der Waals surface area contributed by atoms with E-state index >= 15 is 0 Å². The van der Waals surface area contributed by atoms with E-state index in [4.69, 9.17) is 0 Å². The molecular weight excluding hydrogens is 302 g/mol. The second-order valence-electron chi connectivity index (χ2n) is 8.74. The topological polar surface area (TPSA) is 12.0 Å². The Morgan fingerprint density at radius 3 is 1.64 bits per heavy atom. The SMILES string of the molecule is c1ccc(C(CNC2C3CC4CC(C3)CC2C4)c2ccccc2)cc1. The molecule has 0 radical (unpaired) electrons. The molecule has 4 aliphatic rings. The number of hydrogen-bond acceptors (Lipinski definition) is 1. The summed E-state index contributed by atoms with van der Waals surface area (Å²) in [6.45, 7) is 1.07. The zero-order chi connectivity index (χ0) is 16.6. The van der Waals surface area contributed by atoms with Gasteiger partial charge in [0.15, 0.2) is 0 Å². The second kappa shape index (κ2) is 6.61. The minimum atomic E-state index is 0.458. The first kappa shape index (κ1) is 15.6. The average molecular weight is 332 g/mol. The van der Waals surface area contributed by atoms with Crippen LogP contribution >= 0.6 is 0 Å². The van der Waals surface area contributed by atoms with Crippen molar-refractivity contribution < 1.29 is 0 Å². The predicted octanol–water partition coefficient (Wildman–Crippen LogP) is 5.23. The molecule has 0 amide bonds. The second-order valence-corrected chi connectivity index (χ2v) is 8.74. The molecule has 0 atom stereocenters. The smallest absolute Gasteiger partial charge is 0.0214 e. The fourth-order valence-electron chi connectivity index (χ4n) is 6.31. The number of benzene rings is 2. The summed E-state index contributed by atoms with van der Waals surface area (Å²) in [7, 11) is 0. The van der Waals surface area contributed by atoms with Crippen LogP contribution in [0.2, 0.25) is 0 Å². The van der Waals surface area contributed by atoms with Gasteiger partial charge >= 0.3 is 0 Å². The molecule has 0 heterocycles. The largest absolute Gasteiger partial charge is 0.312 e. The van der Waals surface area contributed by atoms with Gasteiger partial charge in [0.1, 0.15) is 0 Å². The van der Waals surface area contributed by atoms with Crippen LogP contribution in [-0.4, -0.2) is 12.6 Å². The summed E-state index contributed by atoms with van der Waals surface area (Å²) in [6, 6.07) is 22.9. The van der Waals surface area contributed by atoms with Gasteiger partial charge in [-0.25, -0.2) is 0 Å². The Labute approximate surface area is 151 Å². The van der Waals surface area contributed by atoms with Crippen molar-refractivity contribution in [3.05, 3.63) is 71.8 Å². The highest BCUT2D eigenvalue weighted by Crippen LogP contribution is 2.53. The van der Waals surface area contributed by atoms with Crippen LogP contribution in [0.4, 0.5) is 0 Å². The molecule has 4 bridgehead atoms. The van der Waals surface area contributed by atoms with Crippen molar-refractivity contribution in [3.63, 3.8) is 0 Å². The normalized spacial score (nSPS) is 33.1. The van der Waals surface area contributed by atoms with Crippen molar-refractivity contribution in [1.29, 1.82) is 0 Å². The maximum atomic E-state index is 4.06. The Morgan fingerprint density at radius 2 is 1.16 bits per heavy atom. The summed E-state index contributed by atoms with van der Waals surface area (Å²) < 4.78 is 0. The summed E-state index contributed by atoms with van der Waals surface area (Å²) in [5, 5.41) is 4.06. The summed E-state index contributed by atoms with van der Waals surface area (Å²) in [5.41, 5.74) is 2.87. The van der Waals surface area contributed by atoms with Crippen molar-refractivity contribution in [2.24, 2.45) is 23.7 Å². The van der Waals surface area contributed by atoms with Crippen LogP contribution in [0.25, 0.3) is 0 Å². The van der Waals surface area contributed by atoms with Crippen molar-refractivity contribution in [2.45, 2.75) is 44.1 Å².